The van der Waals surface area contributed by atoms with Gasteiger partial charge in [0.15, 0.2) is 11.6 Å². The average Bonchev–Trinajstić information content (AvgIpc) is 0.843. The maximum atomic E-state index is 15.8. The summed E-state index contributed by atoms with van der Waals surface area (Å²) >= 11 is 6.99. The molecule has 0 spiro atoms. The van der Waals surface area contributed by atoms with Crippen molar-refractivity contribution in [3.8, 4) is 0 Å². The van der Waals surface area contributed by atoms with Crippen LogP contribution >= 0.6 is 56.8 Å². The Labute approximate surface area is 563 Å². The van der Waals surface area contributed by atoms with Gasteiger partial charge in [0, 0.05) is 73.7 Å². The number of hydrogen-bond donors (Lipinski definition) is 3. The fraction of sp³-hybridized carbons (Fsp3) is 0.345. The van der Waals surface area contributed by atoms with E-state index in [4.69, 9.17) is 11.6 Å². The Balaban J connectivity index is 0.000000421. The van der Waals surface area contributed by atoms with E-state index in [-0.39, 0.29) is 69.3 Å². The minimum atomic E-state index is -6.70. The number of benzene rings is 4. The van der Waals surface area contributed by atoms with E-state index in [1.807, 2.05) is 6.92 Å². The predicted octanol–water partition coefficient (Wildman–Crippen LogP) is 19.6. The van der Waals surface area contributed by atoms with Gasteiger partial charge >= 0.3 is 48.4 Å². The Morgan fingerprint density at radius 2 is 0.926 bits per heavy atom. The minimum Gasteiger partial charge on any atom is -0.382 e. The molecule has 94 heavy (non-hydrogen) atoms. The molecule has 36 heteroatoms. The van der Waals surface area contributed by atoms with E-state index in [0.717, 1.165) is 106 Å². The number of nitrogens with zero attached hydrogens (tertiary/aromatic N) is 3. The number of nitrogens with one attached hydrogen (secondary N) is 3. The summed E-state index contributed by atoms with van der Waals surface area (Å²) in [5, 5.41) is 5.64. The van der Waals surface area contributed by atoms with Crippen molar-refractivity contribution in [3.05, 3.63) is 172 Å². The van der Waals surface area contributed by atoms with Gasteiger partial charge in [-0.25, -0.2) is 17.6 Å². The monoisotopic (exact) mass is 1650 g/mol. The quantitative estimate of drug-likeness (QED) is 0.0562. The molecule has 0 unspecified atom stereocenters. The molecule has 513 valence electrons. The van der Waals surface area contributed by atoms with Crippen LogP contribution in [0.5, 0.6) is 0 Å². The molecule has 2 aliphatic carbocycles. The molecule has 3 amide bonds. The number of halogens is 25. The van der Waals surface area contributed by atoms with E-state index in [9.17, 15) is 111 Å². The summed E-state index contributed by atoms with van der Waals surface area (Å²) in [5.41, 5.74) is -24.4. The van der Waals surface area contributed by atoms with Crippen LogP contribution in [-0.4, -0.2) is 70.7 Å². The second-order valence-corrected chi connectivity index (χ2v) is 22.8. The van der Waals surface area contributed by atoms with E-state index in [1.165, 1.54) is 36.7 Å². The topological polar surface area (TPSA) is 133 Å². The molecule has 10 nitrogen and oxygen atoms in total. The van der Waals surface area contributed by atoms with Gasteiger partial charge in [-0.15, -0.1) is 0 Å². The predicted molar refractivity (Wildman–Crippen MR) is 314 cm³/mol. The number of carbonyl (C=O) groups is 4. The van der Waals surface area contributed by atoms with E-state index in [2.05, 4.69) is 15.3 Å². The van der Waals surface area contributed by atoms with Gasteiger partial charge in [0.2, 0.25) is 0 Å². The fourth-order valence-corrected chi connectivity index (χ4v) is 9.79. The molecule has 0 saturated heterocycles. The number of amides is 3. The summed E-state index contributed by atoms with van der Waals surface area (Å²) in [6.45, 7) is 3.92. The van der Waals surface area contributed by atoms with Crippen molar-refractivity contribution >= 4 is 102 Å². The first-order valence-corrected chi connectivity index (χ1v) is 28.1. The standard InChI is InChI=1S/C28H19F11IN3O2.C21H14F11IN2O.C7H6ClNO.2CH4.V/c1-13-5-8-15(11-41-13)24(45)43(12-14-6-7-14)20-4-2-3-17(21(20)29)23(44)42-22-18(26(31,32)33)9-16(10-19(22)40)25(30,27(34,35)36)28(37,38)39;22-15-11(2-1-3-14(15)34-8-9-4-5-9)17(36)35-16-12(19(24,25)26)6-10(7-13(16)33)18(23,20(27,28)29)21(30,31)32;1-5-2-3-6(4-9-5)7(8)10;;;/h2-5,8-11,14H,6-7,12H2,1H3,(H,42,44);1-3,6-7,9,34H,4-5,8H2,(H,35,36);2-4H,1H3;2*1H4;. The third-order valence-electron chi connectivity index (χ3n) is 13.3. The second kappa shape index (κ2) is 30.9. The van der Waals surface area contributed by atoms with Crippen LogP contribution in [0.15, 0.2) is 97.3 Å². The normalized spacial score (nSPS) is 13.6. The van der Waals surface area contributed by atoms with Crippen LogP contribution in [0, 0.1) is 44.5 Å². The first-order chi connectivity index (χ1) is 41.7. The van der Waals surface area contributed by atoms with Crippen molar-refractivity contribution in [1.29, 1.82) is 0 Å². The number of alkyl halides is 20. The number of rotatable bonds is 14. The Hall–Kier alpha value is -6.15. The van der Waals surface area contributed by atoms with Crippen molar-refractivity contribution in [2.24, 2.45) is 11.8 Å². The van der Waals surface area contributed by atoms with Crippen LogP contribution < -0.4 is 20.9 Å². The fourth-order valence-electron chi connectivity index (χ4n) is 8.16. The molecule has 2 saturated carbocycles. The van der Waals surface area contributed by atoms with Crippen LogP contribution in [0.1, 0.15) is 116 Å². The molecule has 3 N–H and O–H groups in total. The van der Waals surface area contributed by atoms with Crippen molar-refractivity contribution < 1.29 is 134 Å². The molecular weight excluding hydrogens is 1600 g/mol. The van der Waals surface area contributed by atoms with Gasteiger partial charge in [-0.2, -0.15) is 79.0 Å². The molecule has 8 rings (SSSR count). The van der Waals surface area contributed by atoms with Gasteiger partial charge in [0.25, 0.3) is 23.0 Å². The molecule has 0 bridgehead atoms. The molecule has 6 aromatic rings. The van der Waals surface area contributed by atoms with Crippen molar-refractivity contribution in [1.82, 2.24) is 9.97 Å². The molecule has 2 fully saturated rings. The first kappa shape index (κ1) is 82.1. The van der Waals surface area contributed by atoms with E-state index >= 15 is 4.39 Å². The second-order valence-electron chi connectivity index (χ2n) is 20.1. The molecule has 2 aliphatic rings. The van der Waals surface area contributed by atoms with E-state index in [1.54, 1.807) is 29.7 Å². The number of pyridine rings is 2. The number of carbonyl (C=O) groups excluding carboxylic acids is 4. The molecule has 1 radical (unpaired) electrons. The third-order valence-corrected chi connectivity index (χ3v) is 15.3. The maximum Gasteiger partial charge on any atom is 0.435 e. The SMILES string of the molecule is C.C.Cc1ccc(C(=O)Cl)cn1.Cc1ccc(C(=O)N(CC2CC2)c2cccc(C(=O)Nc3c(I)cc(C(F)(C(F)(F)F)C(F)(F)F)cc3C(F)(F)F)c2F)cn1.O=C(Nc1c(I)cc(C(F)(C(F)(F)F)C(F)(F)F)cc1C(F)(F)F)c1cccc(NCC2CC2)c1F.[V]. The van der Waals surface area contributed by atoms with Crippen LogP contribution in [0.25, 0.3) is 0 Å². The van der Waals surface area contributed by atoms with Gasteiger partial charge in [0.1, 0.15) is 0 Å². The number of anilines is 4. The zero-order valence-electron chi connectivity index (χ0n) is 46.0. The van der Waals surface area contributed by atoms with Crippen molar-refractivity contribution in [3.63, 3.8) is 0 Å². The molecule has 0 aliphatic heterocycles. The van der Waals surface area contributed by atoms with Gasteiger partial charge in [-0.05, 0) is 181 Å². The van der Waals surface area contributed by atoms with Crippen molar-refractivity contribution in [2.45, 2.75) is 103 Å². The third kappa shape index (κ3) is 18.9. The number of hydrogen-bond acceptors (Lipinski definition) is 7. The number of aromatic nitrogens is 2. The van der Waals surface area contributed by atoms with Crippen LogP contribution in [0.4, 0.5) is 119 Å². The zero-order valence-corrected chi connectivity index (χ0v) is 52.5. The average molecular weight is 1650 g/mol. The van der Waals surface area contributed by atoms with Gasteiger partial charge in [0.05, 0.1) is 56.1 Å². The zero-order chi connectivity index (χ0) is 68.5. The molecule has 2 heterocycles. The van der Waals surface area contributed by atoms with Gasteiger partial charge in [-0.1, -0.05) is 27.0 Å². The summed E-state index contributed by atoms with van der Waals surface area (Å²) in [7, 11) is 0. The largest absolute Gasteiger partial charge is 0.435 e. The van der Waals surface area contributed by atoms with Gasteiger partial charge < -0.3 is 20.9 Å². The van der Waals surface area contributed by atoms with Crippen molar-refractivity contribution in [2.75, 3.05) is 33.9 Å². The Kier molecular flexibility index (Phi) is 27.0. The summed E-state index contributed by atoms with van der Waals surface area (Å²) in [6, 6.07) is 11.2. The van der Waals surface area contributed by atoms with E-state index in [0.29, 0.717) is 23.7 Å². The summed E-state index contributed by atoms with van der Waals surface area (Å²) in [5.74, 6) is -5.92. The van der Waals surface area contributed by atoms with Crippen LogP contribution in [0.2, 0.25) is 0 Å². The summed E-state index contributed by atoms with van der Waals surface area (Å²) in [6.07, 6.45) is -32.1. The Morgan fingerprint density at radius 3 is 1.28 bits per heavy atom. The Morgan fingerprint density at radius 1 is 0.543 bits per heavy atom. The Bertz CT molecular complexity index is 3670. The molecule has 4 aromatic carbocycles. The number of aryl methyl sites for hydroxylation is 2. The molecular formula is C58H47ClF22I2N6O4V. The van der Waals surface area contributed by atoms with Crippen LogP contribution in [0.3, 0.4) is 0 Å². The minimum absolute atomic E-state index is 0. The summed E-state index contributed by atoms with van der Waals surface area (Å²) < 4.78 is 298. The molecule has 0 atom stereocenters. The molecule has 2 aromatic heterocycles. The van der Waals surface area contributed by atoms with Gasteiger partial charge in [-0.3, -0.25) is 29.1 Å². The van der Waals surface area contributed by atoms with E-state index < -0.39 is 153 Å². The smallest absolute Gasteiger partial charge is 0.382 e. The first-order valence-electron chi connectivity index (χ1n) is 25.5. The summed E-state index contributed by atoms with van der Waals surface area (Å²) in [4.78, 5) is 58.4. The van der Waals surface area contributed by atoms with Crippen LogP contribution in [-0.2, 0) is 42.2 Å². The maximum absolute atomic E-state index is 15.8.